The van der Waals surface area contributed by atoms with E-state index in [4.69, 9.17) is 37.7 Å². The van der Waals surface area contributed by atoms with Gasteiger partial charge in [0, 0.05) is 0 Å². The summed E-state index contributed by atoms with van der Waals surface area (Å²) < 4.78 is 0. The van der Waals surface area contributed by atoms with E-state index < -0.39 is 11.9 Å². The molecule has 0 saturated heterocycles. The van der Waals surface area contributed by atoms with Gasteiger partial charge >= 0.3 is 109 Å². The third-order valence-corrected chi connectivity index (χ3v) is 0. The summed E-state index contributed by atoms with van der Waals surface area (Å²) in [5, 5.41) is 0. The summed E-state index contributed by atoms with van der Waals surface area (Å²) >= 11 is -3.06. The van der Waals surface area contributed by atoms with Crippen molar-refractivity contribution in [1.82, 2.24) is 0 Å². The zero-order valence-corrected chi connectivity index (χ0v) is 15.9. The predicted octanol–water partition coefficient (Wildman–Crippen LogP) is -10.1. The Morgan fingerprint density at radius 1 is 0.700 bits per heavy atom. The van der Waals surface area contributed by atoms with Crippen molar-refractivity contribution in [3.63, 3.8) is 0 Å². The van der Waals surface area contributed by atoms with Gasteiger partial charge in [-0.2, -0.15) is 0 Å². The SMILES string of the molecule is O.[Cl-].[Cl-].[Cl][Pt]([Cl])([Cl])[Cl].[Na+].[Na+]. The van der Waals surface area contributed by atoms with Crippen LogP contribution in [-0.2, 0) is 11.9 Å². The molecule has 0 amide bonds. The van der Waals surface area contributed by atoms with E-state index in [1.165, 1.54) is 0 Å². The van der Waals surface area contributed by atoms with Crippen molar-refractivity contribution in [2.45, 2.75) is 0 Å². The standard InChI is InChI=1S/6ClH.2Na.H2O.Pt/h6*1H;;;1H2;/q;;;;;;2*+1;;+4/p-6. The van der Waals surface area contributed by atoms with Gasteiger partial charge in [-0.1, -0.05) is 0 Å². The molecule has 0 aromatic carbocycles. The number of hydrogen-bond donors (Lipinski definition) is 0. The molecule has 0 atom stereocenters. The summed E-state index contributed by atoms with van der Waals surface area (Å²) in [4.78, 5) is 0. The van der Waals surface area contributed by atoms with E-state index in [-0.39, 0.29) is 89.4 Å². The number of hydrogen-bond acceptors (Lipinski definition) is 0. The van der Waals surface area contributed by atoms with E-state index in [0.29, 0.717) is 0 Å². The molecule has 0 unspecified atom stereocenters. The summed E-state index contributed by atoms with van der Waals surface area (Å²) in [5.74, 6) is 0. The van der Waals surface area contributed by atoms with Crippen molar-refractivity contribution in [1.29, 1.82) is 0 Å². The average molecular weight is 472 g/mol. The third-order valence-electron chi connectivity index (χ3n) is 0. The van der Waals surface area contributed by atoms with E-state index in [1.807, 2.05) is 0 Å². The molecule has 2 N–H and O–H groups in total. The van der Waals surface area contributed by atoms with Crippen LogP contribution in [0.1, 0.15) is 0 Å². The van der Waals surface area contributed by atoms with Gasteiger partial charge in [0.1, 0.15) is 0 Å². The Kier molecular flexibility index (Phi) is 69.8. The molecule has 0 heterocycles. The Labute approximate surface area is 136 Å². The van der Waals surface area contributed by atoms with Gasteiger partial charge in [-0.25, -0.2) is 0 Å². The maximum absolute atomic E-state index is 5.01. The number of rotatable bonds is 0. The molecule has 0 aliphatic carbocycles. The molecule has 0 bridgehead atoms. The first-order chi connectivity index (χ1) is 2.00. The minimum Gasteiger partial charge on any atom is 1.00 e. The van der Waals surface area contributed by atoms with Gasteiger partial charge in [-0.15, -0.1) is 0 Å². The van der Waals surface area contributed by atoms with Crippen LogP contribution in [0.5, 0.6) is 0 Å². The molecule has 10 heteroatoms. The maximum atomic E-state index is 5.01. The molecule has 62 valence electrons. The van der Waals surface area contributed by atoms with E-state index in [1.54, 1.807) is 0 Å². The summed E-state index contributed by atoms with van der Waals surface area (Å²) in [6.07, 6.45) is 0. The second kappa shape index (κ2) is 19.0. The zero-order valence-electron chi connectivity index (χ0n) is 5.08. The quantitative estimate of drug-likeness (QED) is 0.314. The minimum atomic E-state index is -3.06. The molecular formula is H2Cl6Na2OPt. The maximum Gasteiger partial charge on any atom is 1.00 e. The van der Waals surface area contributed by atoms with Gasteiger partial charge in [-0.3, -0.25) is 0 Å². The molecule has 0 aliphatic heterocycles. The second-order valence-corrected chi connectivity index (χ2v) is 20.0. The Morgan fingerprint density at radius 2 is 0.700 bits per heavy atom. The summed E-state index contributed by atoms with van der Waals surface area (Å²) in [7, 11) is 20.0. The second-order valence-electron chi connectivity index (χ2n) is 0.271. The molecule has 0 saturated carbocycles. The Bertz CT molecular complexity index is 31.2. The van der Waals surface area contributed by atoms with Crippen LogP contribution in [0.3, 0.4) is 0 Å². The van der Waals surface area contributed by atoms with Gasteiger partial charge in [-0.05, 0) is 0 Å². The van der Waals surface area contributed by atoms with Gasteiger partial charge in [0.15, 0.2) is 0 Å². The van der Waals surface area contributed by atoms with Gasteiger partial charge in [0.2, 0.25) is 0 Å². The molecule has 0 spiro atoms. The van der Waals surface area contributed by atoms with Crippen LogP contribution in [0.2, 0.25) is 0 Å². The van der Waals surface area contributed by atoms with Crippen LogP contribution in [-0.4, -0.2) is 5.48 Å². The Morgan fingerprint density at radius 3 is 0.700 bits per heavy atom. The molecule has 0 rings (SSSR count). The molecule has 0 radical (unpaired) electrons. The summed E-state index contributed by atoms with van der Waals surface area (Å²) in [5.41, 5.74) is 0. The Balaban J connectivity index is -0.00000000800. The van der Waals surface area contributed by atoms with Crippen molar-refractivity contribution in [2.24, 2.45) is 0 Å². The van der Waals surface area contributed by atoms with Gasteiger partial charge in [0.05, 0.1) is 0 Å². The molecular weight excluding hydrogens is 470 g/mol. The van der Waals surface area contributed by atoms with E-state index in [2.05, 4.69) is 0 Å². The molecule has 0 fully saturated rings. The van der Waals surface area contributed by atoms with Gasteiger partial charge < -0.3 is 30.3 Å². The van der Waals surface area contributed by atoms with Crippen LogP contribution < -0.4 is 83.9 Å². The first-order valence-corrected chi connectivity index (χ1v) is 11.7. The van der Waals surface area contributed by atoms with Crippen LogP contribution in [0.4, 0.5) is 0 Å². The van der Waals surface area contributed by atoms with Crippen LogP contribution in [0.15, 0.2) is 0 Å². The topological polar surface area (TPSA) is 31.5 Å². The monoisotopic (exact) mass is 469 g/mol. The largest absolute Gasteiger partial charge is 1.00 e. The molecule has 10 heavy (non-hydrogen) atoms. The minimum absolute atomic E-state index is 0. The zero-order chi connectivity index (χ0) is 4.50. The normalized spacial score (nSPS) is 7.60. The fourth-order valence-corrected chi connectivity index (χ4v) is 0. The fraction of sp³-hybridized carbons (Fsp3) is 0. The third kappa shape index (κ3) is 83.4. The number of halogens is 6. The predicted molar refractivity (Wildman–Crippen MR) is 27.0 cm³/mol. The van der Waals surface area contributed by atoms with Crippen molar-refractivity contribution in [2.75, 3.05) is 0 Å². The van der Waals surface area contributed by atoms with E-state index in [9.17, 15) is 0 Å². The molecule has 1 nitrogen and oxygen atoms in total. The Hall–Kier alpha value is 4.39. The van der Waals surface area contributed by atoms with E-state index in [0.717, 1.165) is 0 Å². The van der Waals surface area contributed by atoms with Crippen molar-refractivity contribution in [3.8, 4) is 0 Å². The van der Waals surface area contributed by atoms with Crippen LogP contribution in [0.25, 0.3) is 0 Å². The summed E-state index contributed by atoms with van der Waals surface area (Å²) in [6, 6.07) is 0. The van der Waals surface area contributed by atoms with Crippen molar-refractivity contribution < 1.29 is 101 Å². The van der Waals surface area contributed by atoms with Crippen molar-refractivity contribution in [3.05, 3.63) is 0 Å². The molecule has 0 aliphatic rings. The van der Waals surface area contributed by atoms with E-state index >= 15 is 0 Å². The summed E-state index contributed by atoms with van der Waals surface area (Å²) in [6.45, 7) is 0. The van der Waals surface area contributed by atoms with Crippen LogP contribution >= 0.6 is 37.7 Å². The first-order valence-electron chi connectivity index (χ1n) is 0.478. The van der Waals surface area contributed by atoms with Gasteiger partial charge in [0.25, 0.3) is 0 Å². The first kappa shape index (κ1) is 36.7. The smallest absolute Gasteiger partial charge is 1.00 e. The fourth-order valence-electron chi connectivity index (χ4n) is 0. The molecule has 0 aromatic rings. The average Bonchev–Trinajstić information content (AvgIpc) is 0.722. The molecule has 0 aromatic heterocycles. The van der Waals surface area contributed by atoms with Crippen LogP contribution in [0, 0.1) is 0 Å². The van der Waals surface area contributed by atoms with Crippen molar-refractivity contribution >= 4 is 37.7 Å².